The average molecular weight is 289 g/mol. The summed E-state index contributed by atoms with van der Waals surface area (Å²) in [6.45, 7) is 1.03. The van der Waals surface area contributed by atoms with Crippen LogP contribution in [0.15, 0.2) is 23.1 Å². The highest BCUT2D eigenvalue weighted by atomic mass is 32.2. The first-order valence-electron chi connectivity index (χ1n) is 5.40. The maximum atomic E-state index is 11.5. The van der Waals surface area contributed by atoms with Gasteiger partial charge in [0.1, 0.15) is 5.75 Å². The van der Waals surface area contributed by atoms with Crippen LogP contribution in [0.25, 0.3) is 0 Å². The van der Waals surface area contributed by atoms with E-state index in [9.17, 15) is 18.0 Å². The highest BCUT2D eigenvalue weighted by molar-refractivity contribution is 7.92. The number of aryl methyl sites for hydroxylation is 1. The number of carbonyl (C=O) groups is 1. The van der Waals surface area contributed by atoms with Crippen molar-refractivity contribution in [2.24, 2.45) is 0 Å². The van der Waals surface area contributed by atoms with E-state index in [2.05, 4.69) is 0 Å². The van der Waals surface area contributed by atoms with Gasteiger partial charge in [0.25, 0.3) is 5.56 Å². The second-order valence-corrected chi connectivity index (χ2v) is 6.92. The SMILES string of the molecule is CC(CCn1ccc(O)cc1=O)(C(=O)O)S(C)(=O)=O. The number of carboxylic acids is 1. The summed E-state index contributed by atoms with van der Waals surface area (Å²) in [5, 5.41) is 18.1. The van der Waals surface area contributed by atoms with Crippen molar-refractivity contribution in [3.63, 3.8) is 0 Å². The third-order valence-electron chi connectivity index (χ3n) is 3.08. The molecule has 1 heterocycles. The molecule has 1 rings (SSSR count). The Balaban J connectivity index is 3.02. The molecule has 1 atom stereocenters. The summed E-state index contributed by atoms with van der Waals surface area (Å²) in [5.41, 5.74) is -0.527. The Morgan fingerprint density at radius 2 is 2.05 bits per heavy atom. The summed E-state index contributed by atoms with van der Waals surface area (Å²) >= 11 is 0. The molecule has 106 valence electrons. The number of carboxylic acid groups (broad SMARTS) is 1. The van der Waals surface area contributed by atoms with Crippen LogP contribution in [-0.4, -0.2) is 40.2 Å². The van der Waals surface area contributed by atoms with Crippen molar-refractivity contribution in [1.29, 1.82) is 0 Å². The Bertz CT molecular complexity index is 647. The molecule has 0 spiro atoms. The van der Waals surface area contributed by atoms with Crippen LogP contribution in [0.4, 0.5) is 0 Å². The van der Waals surface area contributed by atoms with E-state index < -0.39 is 26.1 Å². The van der Waals surface area contributed by atoms with Crippen molar-refractivity contribution in [1.82, 2.24) is 4.57 Å². The number of aromatic nitrogens is 1. The fraction of sp³-hybridized carbons (Fsp3) is 0.455. The van der Waals surface area contributed by atoms with Crippen molar-refractivity contribution in [3.05, 3.63) is 28.7 Å². The van der Waals surface area contributed by atoms with Gasteiger partial charge in [0.15, 0.2) is 14.6 Å². The van der Waals surface area contributed by atoms with E-state index in [4.69, 9.17) is 10.2 Å². The molecule has 0 aromatic carbocycles. The van der Waals surface area contributed by atoms with Crippen LogP contribution >= 0.6 is 0 Å². The molecule has 0 radical (unpaired) electrons. The maximum absolute atomic E-state index is 11.5. The Morgan fingerprint density at radius 3 is 2.47 bits per heavy atom. The molecule has 8 heteroatoms. The third kappa shape index (κ3) is 3.14. The van der Waals surface area contributed by atoms with Crippen LogP contribution < -0.4 is 5.56 Å². The predicted octanol–water partition coefficient (Wildman–Crippen LogP) is -0.168. The summed E-state index contributed by atoms with van der Waals surface area (Å²) in [6, 6.07) is 2.23. The summed E-state index contributed by atoms with van der Waals surface area (Å²) < 4.78 is 22.3. The molecule has 1 aromatic heterocycles. The van der Waals surface area contributed by atoms with Gasteiger partial charge in [-0.1, -0.05) is 0 Å². The highest BCUT2D eigenvalue weighted by Crippen LogP contribution is 2.22. The molecule has 0 bridgehead atoms. The molecule has 1 unspecified atom stereocenters. The van der Waals surface area contributed by atoms with E-state index in [-0.39, 0.29) is 18.7 Å². The molecule has 0 aliphatic heterocycles. The fourth-order valence-electron chi connectivity index (χ4n) is 1.47. The summed E-state index contributed by atoms with van der Waals surface area (Å²) in [4.78, 5) is 22.6. The summed E-state index contributed by atoms with van der Waals surface area (Å²) in [5.74, 6) is -1.66. The Kier molecular flexibility index (Phi) is 4.04. The van der Waals surface area contributed by atoms with Gasteiger partial charge >= 0.3 is 5.97 Å². The molecule has 0 amide bonds. The van der Waals surface area contributed by atoms with Crippen LogP contribution in [0.3, 0.4) is 0 Å². The fourth-order valence-corrected chi connectivity index (χ4v) is 2.25. The minimum Gasteiger partial charge on any atom is -0.508 e. The van der Waals surface area contributed by atoms with E-state index in [0.717, 1.165) is 23.8 Å². The Hall–Kier alpha value is -1.83. The topological polar surface area (TPSA) is 114 Å². The van der Waals surface area contributed by atoms with Gasteiger partial charge in [-0.25, -0.2) is 8.42 Å². The van der Waals surface area contributed by atoms with Crippen molar-refractivity contribution < 1.29 is 23.4 Å². The first-order valence-corrected chi connectivity index (χ1v) is 7.29. The van der Waals surface area contributed by atoms with Crippen LogP contribution in [0.5, 0.6) is 5.75 Å². The lowest BCUT2D eigenvalue weighted by molar-refractivity contribution is -0.139. The molecule has 0 saturated carbocycles. The molecule has 7 nitrogen and oxygen atoms in total. The lowest BCUT2D eigenvalue weighted by Gasteiger charge is -2.22. The van der Waals surface area contributed by atoms with E-state index in [1.54, 1.807) is 0 Å². The molecule has 1 aromatic rings. The molecule has 2 N–H and O–H groups in total. The number of hydrogen-bond acceptors (Lipinski definition) is 5. The molecule has 0 saturated heterocycles. The number of hydrogen-bond donors (Lipinski definition) is 2. The Morgan fingerprint density at radius 1 is 1.47 bits per heavy atom. The minimum absolute atomic E-state index is 0.0744. The first-order chi connectivity index (χ1) is 8.58. The van der Waals surface area contributed by atoms with Crippen molar-refractivity contribution >= 4 is 15.8 Å². The highest BCUT2D eigenvalue weighted by Gasteiger charge is 2.43. The second-order valence-electron chi connectivity index (χ2n) is 4.47. The van der Waals surface area contributed by atoms with Crippen molar-refractivity contribution in [2.45, 2.75) is 24.6 Å². The van der Waals surface area contributed by atoms with Crippen LogP contribution in [0.1, 0.15) is 13.3 Å². The monoisotopic (exact) mass is 289 g/mol. The van der Waals surface area contributed by atoms with E-state index in [1.165, 1.54) is 12.3 Å². The molecule has 0 aliphatic rings. The maximum Gasteiger partial charge on any atom is 0.324 e. The molecule has 0 fully saturated rings. The van der Waals surface area contributed by atoms with Crippen molar-refractivity contribution in [2.75, 3.05) is 6.26 Å². The number of aliphatic carboxylic acids is 1. The standard InChI is InChI=1S/C11H15NO6S/c1-11(10(15)16,19(2,17)18)4-6-12-5-3-8(13)7-9(12)14/h3,5,7,13H,4,6H2,1-2H3,(H,15,16). The van der Waals surface area contributed by atoms with Gasteiger partial charge < -0.3 is 14.8 Å². The zero-order chi connectivity index (χ0) is 14.8. The molecular weight excluding hydrogens is 274 g/mol. The number of aromatic hydroxyl groups is 1. The summed E-state index contributed by atoms with van der Waals surface area (Å²) in [6.07, 6.45) is 1.88. The zero-order valence-electron chi connectivity index (χ0n) is 10.5. The van der Waals surface area contributed by atoms with Crippen molar-refractivity contribution in [3.8, 4) is 5.75 Å². The molecule has 19 heavy (non-hydrogen) atoms. The lowest BCUT2D eigenvalue weighted by Crippen LogP contribution is -2.44. The van der Waals surface area contributed by atoms with Gasteiger partial charge in [0.05, 0.1) is 0 Å². The Labute approximate surface area is 110 Å². The number of rotatable bonds is 5. The molecule has 0 aliphatic carbocycles. The first kappa shape index (κ1) is 15.2. The third-order valence-corrected chi connectivity index (χ3v) is 5.10. The van der Waals surface area contributed by atoms with Gasteiger partial charge in [-0.15, -0.1) is 0 Å². The normalized spacial score (nSPS) is 14.8. The number of nitrogens with zero attached hydrogens (tertiary/aromatic N) is 1. The zero-order valence-corrected chi connectivity index (χ0v) is 11.3. The number of pyridine rings is 1. The van der Waals surface area contributed by atoms with Crippen LogP contribution in [0.2, 0.25) is 0 Å². The van der Waals surface area contributed by atoms with Crippen LogP contribution in [0, 0.1) is 0 Å². The smallest absolute Gasteiger partial charge is 0.324 e. The average Bonchev–Trinajstić information content (AvgIpc) is 2.25. The van der Waals surface area contributed by atoms with Gasteiger partial charge in [0.2, 0.25) is 0 Å². The largest absolute Gasteiger partial charge is 0.508 e. The lowest BCUT2D eigenvalue weighted by atomic mass is 10.1. The van der Waals surface area contributed by atoms with E-state index >= 15 is 0 Å². The second kappa shape index (κ2) is 5.04. The predicted molar refractivity (Wildman–Crippen MR) is 67.9 cm³/mol. The van der Waals surface area contributed by atoms with Crippen LogP contribution in [-0.2, 0) is 21.2 Å². The van der Waals surface area contributed by atoms with Gasteiger partial charge in [0, 0.05) is 25.1 Å². The molecular formula is C11H15NO6S. The number of sulfone groups is 1. The minimum atomic E-state index is -3.82. The van der Waals surface area contributed by atoms with Gasteiger partial charge in [-0.2, -0.15) is 0 Å². The van der Waals surface area contributed by atoms with E-state index in [0.29, 0.717) is 0 Å². The van der Waals surface area contributed by atoms with Gasteiger partial charge in [-0.3, -0.25) is 9.59 Å². The van der Waals surface area contributed by atoms with Gasteiger partial charge in [-0.05, 0) is 19.4 Å². The summed E-state index contributed by atoms with van der Waals surface area (Å²) in [7, 11) is -3.82. The van der Waals surface area contributed by atoms with E-state index in [1.807, 2.05) is 0 Å². The quantitative estimate of drug-likeness (QED) is 0.778.